The van der Waals surface area contributed by atoms with Crippen molar-refractivity contribution in [1.29, 1.82) is 0 Å². The highest BCUT2D eigenvalue weighted by Gasteiger charge is 2.09. The second-order valence-electron chi connectivity index (χ2n) is 3.32. The molecule has 0 saturated heterocycles. The molecule has 0 atom stereocenters. The van der Waals surface area contributed by atoms with Crippen LogP contribution in [0.4, 0.5) is 0 Å². The highest BCUT2D eigenvalue weighted by molar-refractivity contribution is 7.11. The van der Waals surface area contributed by atoms with Gasteiger partial charge in [0.05, 0.1) is 11.4 Å². The first-order valence-corrected chi connectivity index (χ1v) is 5.77. The number of aromatic nitrogens is 2. The molecule has 2 heterocycles. The van der Waals surface area contributed by atoms with Crippen LogP contribution in [0, 0.1) is 6.92 Å². The van der Waals surface area contributed by atoms with Gasteiger partial charge < -0.3 is 9.84 Å². The van der Waals surface area contributed by atoms with Gasteiger partial charge in [-0.3, -0.25) is 4.98 Å². The van der Waals surface area contributed by atoms with E-state index in [9.17, 15) is 4.79 Å². The number of carbonyl (C=O) groups is 1. The zero-order valence-electron chi connectivity index (χ0n) is 9.08. The van der Waals surface area contributed by atoms with Crippen LogP contribution in [0.3, 0.4) is 0 Å². The van der Waals surface area contributed by atoms with Crippen LogP contribution in [0.2, 0.25) is 0 Å². The maximum Gasteiger partial charge on any atom is 0.365 e. The topological polar surface area (TPSA) is 72.3 Å². The minimum Gasteiger partial charge on any atom is -0.485 e. The van der Waals surface area contributed by atoms with Gasteiger partial charge in [-0.2, -0.15) is 0 Å². The van der Waals surface area contributed by atoms with Crippen LogP contribution in [0.5, 0.6) is 5.75 Å². The molecule has 0 bridgehead atoms. The molecule has 2 rings (SSSR count). The molecular formula is C11H10N2O3S. The predicted molar refractivity (Wildman–Crippen MR) is 62.4 cm³/mol. The summed E-state index contributed by atoms with van der Waals surface area (Å²) in [6, 6.07) is 3.60. The number of hydrogen-bond acceptors (Lipinski definition) is 5. The lowest BCUT2D eigenvalue weighted by molar-refractivity contribution is 0.0696. The fourth-order valence-corrected chi connectivity index (χ4v) is 1.88. The van der Waals surface area contributed by atoms with Crippen LogP contribution in [0.1, 0.15) is 21.2 Å². The van der Waals surface area contributed by atoms with Gasteiger partial charge in [0.15, 0.2) is 0 Å². The lowest BCUT2D eigenvalue weighted by Crippen LogP contribution is -2.00. The molecule has 0 aliphatic heterocycles. The van der Waals surface area contributed by atoms with Crippen LogP contribution in [0.25, 0.3) is 0 Å². The number of hydrogen-bond donors (Lipinski definition) is 1. The maximum atomic E-state index is 10.6. The summed E-state index contributed by atoms with van der Waals surface area (Å²) in [5.74, 6) is -0.337. The van der Waals surface area contributed by atoms with Crippen LogP contribution in [0.15, 0.2) is 23.7 Å². The normalized spacial score (nSPS) is 10.2. The minimum atomic E-state index is -1.01. The summed E-state index contributed by atoms with van der Waals surface area (Å²) >= 11 is 1.09. The molecule has 0 radical (unpaired) electrons. The number of carboxylic acids is 1. The largest absolute Gasteiger partial charge is 0.485 e. The van der Waals surface area contributed by atoms with Crippen molar-refractivity contribution in [2.75, 3.05) is 0 Å². The molecule has 0 spiro atoms. The van der Waals surface area contributed by atoms with Gasteiger partial charge in [0.2, 0.25) is 5.01 Å². The molecule has 0 unspecified atom stereocenters. The van der Waals surface area contributed by atoms with E-state index in [2.05, 4.69) is 9.97 Å². The van der Waals surface area contributed by atoms with Gasteiger partial charge in [-0.25, -0.2) is 9.78 Å². The van der Waals surface area contributed by atoms with Crippen molar-refractivity contribution in [2.24, 2.45) is 0 Å². The van der Waals surface area contributed by atoms with Gasteiger partial charge in [-0.05, 0) is 19.1 Å². The van der Waals surface area contributed by atoms with Crippen molar-refractivity contribution in [3.63, 3.8) is 0 Å². The Bertz CT molecular complexity index is 539. The van der Waals surface area contributed by atoms with Crippen LogP contribution < -0.4 is 4.74 Å². The third kappa shape index (κ3) is 2.79. The van der Waals surface area contributed by atoms with Crippen molar-refractivity contribution in [1.82, 2.24) is 9.97 Å². The molecule has 0 saturated carbocycles. The molecule has 88 valence electrons. The first kappa shape index (κ1) is 11.5. The minimum absolute atomic E-state index is 0.0755. The van der Waals surface area contributed by atoms with E-state index < -0.39 is 5.97 Å². The lowest BCUT2D eigenvalue weighted by atomic mass is 10.3. The van der Waals surface area contributed by atoms with E-state index in [1.54, 1.807) is 17.6 Å². The molecule has 6 heteroatoms. The van der Waals surface area contributed by atoms with E-state index in [-0.39, 0.29) is 11.6 Å². The number of aromatic carboxylic acids is 1. The molecule has 0 aliphatic rings. The van der Waals surface area contributed by atoms with E-state index in [0.29, 0.717) is 11.4 Å². The standard InChI is InChI=1S/C11H10N2O3S/c1-7-9(3-2-4-12-7)16-5-8-6-17-10(13-8)11(14)15/h2-4,6H,5H2,1H3,(H,14,15). The Morgan fingerprint density at radius 1 is 1.59 bits per heavy atom. The number of thiazole rings is 1. The molecule has 1 N–H and O–H groups in total. The maximum absolute atomic E-state index is 10.6. The van der Waals surface area contributed by atoms with Crippen molar-refractivity contribution in [2.45, 2.75) is 13.5 Å². The van der Waals surface area contributed by atoms with Crippen molar-refractivity contribution in [3.05, 3.63) is 40.1 Å². The molecule has 0 fully saturated rings. The summed E-state index contributed by atoms with van der Waals surface area (Å²) in [5.41, 5.74) is 1.40. The van der Waals surface area contributed by atoms with E-state index in [4.69, 9.17) is 9.84 Å². The molecule has 2 aromatic heterocycles. The Morgan fingerprint density at radius 3 is 3.06 bits per heavy atom. The van der Waals surface area contributed by atoms with E-state index in [0.717, 1.165) is 17.0 Å². The molecular weight excluding hydrogens is 240 g/mol. The van der Waals surface area contributed by atoms with E-state index >= 15 is 0 Å². The molecule has 0 aliphatic carbocycles. The summed E-state index contributed by atoms with van der Waals surface area (Å²) in [7, 11) is 0. The summed E-state index contributed by atoms with van der Waals surface area (Å²) in [5, 5.41) is 10.5. The van der Waals surface area contributed by atoms with Gasteiger partial charge >= 0.3 is 5.97 Å². The Kier molecular flexibility index (Phi) is 3.34. The van der Waals surface area contributed by atoms with Crippen LogP contribution in [-0.4, -0.2) is 21.0 Å². The average Bonchev–Trinajstić information content (AvgIpc) is 2.77. The monoisotopic (exact) mass is 250 g/mol. The number of carboxylic acid groups (broad SMARTS) is 1. The van der Waals surface area contributed by atoms with E-state index in [1.807, 2.05) is 13.0 Å². The zero-order chi connectivity index (χ0) is 12.3. The third-order valence-electron chi connectivity index (χ3n) is 2.07. The third-order valence-corrected chi connectivity index (χ3v) is 2.95. The van der Waals surface area contributed by atoms with Gasteiger partial charge in [0.25, 0.3) is 0 Å². The predicted octanol–water partition coefficient (Wildman–Crippen LogP) is 2.12. The number of pyridine rings is 1. The Morgan fingerprint density at radius 2 is 2.41 bits per heavy atom. The number of rotatable bonds is 4. The highest BCUT2D eigenvalue weighted by Crippen LogP contribution is 2.16. The fourth-order valence-electron chi connectivity index (χ4n) is 1.25. The summed E-state index contributed by atoms with van der Waals surface area (Å²) < 4.78 is 5.50. The zero-order valence-corrected chi connectivity index (χ0v) is 9.90. The molecule has 0 amide bonds. The number of ether oxygens (including phenoxy) is 1. The van der Waals surface area contributed by atoms with Gasteiger partial charge in [0.1, 0.15) is 12.4 Å². The Balaban J connectivity index is 2.02. The second kappa shape index (κ2) is 4.92. The first-order chi connectivity index (χ1) is 8.16. The second-order valence-corrected chi connectivity index (χ2v) is 4.18. The Hall–Kier alpha value is -1.95. The quantitative estimate of drug-likeness (QED) is 0.899. The smallest absolute Gasteiger partial charge is 0.365 e. The van der Waals surface area contributed by atoms with Gasteiger partial charge in [-0.15, -0.1) is 11.3 Å². The SMILES string of the molecule is Cc1ncccc1OCc1csc(C(=O)O)n1. The summed E-state index contributed by atoms with van der Waals surface area (Å²) in [6.45, 7) is 2.09. The average molecular weight is 250 g/mol. The van der Waals surface area contributed by atoms with Crippen molar-refractivity contribution >= 4 is 17.3 Å². The lowest BCUT2D eigenvalue weighted by Gasteiger charge is -2.05. The number of nitrogens with zero attached hydrogens (tertiary/aromatic N) is 2. The van der Waals surface area contributed by atoms with Crippen molar-refractivity contribution in [3.8, 4) is 5.75 Å². The van der Waals surface area contributed by atoms with E-state index in [1.165, 1.54) is 0 Å². The molecule has 2 aromatic rings. The Labute approximate surface area is 102 Å². The molecule has 0 aromatic carbocycles. The first-order valence-electron chi connectivity index (χ1n) is 4.89. The summed E-state index contributed by atoms with van der Waals surface area (Å²) in [4.78, 5) is 18.7. The van der Waals surface area contributed by atoms with Gasteiger partial charge in [0, 0.05) is 11.6 Å². The highest BCUT2D eigenvalue weighted by atomic mass is 32.1. The fraction of sp³-hybridized carbons (Fsp3) is 0.182. The molecule has 17 heavy (non-hydrogen) atoms. The summed E-state index contributed by atoms with van der Waals surface area (Å²) in [6.07, 6.45) is 1.69. The van der Waals surface area contributed by atoms with Crippen LogP contribution >= 0.6 is 11.3 Å². The van der Waals surface area contributed by atoms with Crippen molar-refractivity contribution < 1.29 is 14.6 Å². The number of aryl methyl sites for hydroxylation is 1. The van der Waals surface area contributed by atoms with Gasteiger partial charge in [-0.1, -0.05) is 0 Å². The van der Waals surface area contributed by atoms with Crippen LogP contribution in [-0.2, 0) is 6.61 Å². The molecule has 5 nitrogen and oxygen atoms in total.